The highest BCUT2D eigenvalue weighted by atomic mass is 32.1. The molecule has 0 radical (unpaired) electrons. The number of rotatable bonds is 2. The number of carbonyl (C=O) groups excluding carboxylic acids is 2. The predicted octanol–water partition coefficient (Wildman–Crippen LogP) is 1.50. The van der Waals surface area contributed by atoms with E-state index in [1.807, 2.05) is 5.38 Å². The van der Waals surface area contributed by atoms with Gasteiger partial charge in [0.25, 0.3) is 5.91 Å². The minimum Gasteiger partial charge on any atom is -0.318 e. The second-order valence-corrected chi connectivity index (χ2v) is 5.15. The number of carbonyl (C=O) groups is 2. The molecule has 3 rings (SSSR count). The maximum absolute atomic E-state index is 11.7. The molecule has 1 aliphatic carbocycles. The van der Waals surface area contributed by atoms with Crippen LogP contribution in [0.5, 0.6) is 0 Å². The third kappa shape index (κ3) is 1.35. The maximum Gasteiger partial charge on any atom is 0.327 e. The molecule has 2 fully saturated rings. The Morgan fingerprint density at radius 1 is 1.44 bits per heavy atom. The molecule has 1 aromatic rings. The summed E-state index contributed by atoms with van der Waals surface area (Å²) < 4.78 is 0. The Kier molecular flexibility index (Phi) is 2.04. The van der Waals surface area contributed by atoms with E-state index in [0.717, 1.165) is 6.42 Å². The number of urea groups is 1. The van der Waals surface area contributed by atoms with Crippen molar-refractivity contribution in [2.24, 2.45) is 0 Å². The lowest BCUT2D eigenvalue weighted by atomic mass is 10.2. The summed E-state index contributed by atoms with van der Waals surface area (Å²) >= 11 is 1.66. The van der Waals surface area contributed by atoms with Gasteiger partial charge in [-0.25, -0.2) is 4.79 Å². The van der Waals surface area contributed by atoms with E-state index in [0.29, 0.717) is 5.92 Å². The monoisotopic (exact) mass is 236 g/mol. The molecule has 0 N–H and O–H groups in total. The van der Waals surface area contributed by atoms with E-state index in [2.05, 4.69) is 11.4 Å². The SMILES string of the molecule is CN1CC(=O)N([C@@H]2C[C@H]2c2ccsc2)C1=O. The molecule has 0 spiro atoms. The van der Waals surface area contributed by atoms with Gasteiger partial charge in [-0.2, -0.15) is 11.3 Å². The number of likely N-dealkylation sites (N-methyl/N-ethyl adjacent to an activating group) is 1. The number of amides is 3. The van der Waals surface area contributed by atoms with Crippen molar-refractivity contribution in [1.82, 2.24) is 9.80 Å². The van der Waals surface area contributed by atoms with Crippen molar-refractivity contribution in [2.75, 3.05) is 13.6 Å². The van der Waals surface area contributed by atoms with E-state index in [-0.39, 0.29) is 24.5 Å². The largest absolute Gasteiger partial charge is 0.327 e. The van der Waals surface area contributed by atoms with Gasteiger partial charge in [0.05, 0.1) is 0 Å². The summed E-state index contributed by atoms with van der Waals surface area (Å²) in [5.41, 5.74) is 1.25. The molecule has 1 aliphatic heterocycles. The van der Waals surface area contributed by atoms with Crippen molar-refractivity contribution in [3.63, 3.8) is 0 Å². The molecule has 84 valence electrons. The lowest BCUT2D eigenvalue weighted by Gasteiger charge is -2.13. The van der Waals surface area contributed by atoms with Gasteiger partial charge >= 0.3 is 6.03 Å². The molecule has 4 nitrogen and oxygen atoms in total. The molecule has 0 unspecified atom stereocenters. The highest BCUT2D eigenvalue weighted by Gasteiger charge is 2.51. The molecule has 5 heteroatoms. The van der Waals surface area contributed by atoms with Gasteiger partial charge in [-0.3, -0.25) is 9.69 Å². The number of nitrogens with zero attached hydrogens (tertiary/aromatic N) is 2. The summed E-state index contributed by atoms with van der Waals surface area (Å²) in [5.74, 6) is 0.306. The zero-order valence-corrected chi connectivity index (χ0v) is 9.74. The summed E-state index contributed by atoms with van der Waals surface area (Å²) in [7, 11) is 1.67. The number of hydrogen-bond donors (Lipinski definition) is 0. The Bertz CT molecular complexity index is 443. The lowest BCUT2D eigenvalue weighted by Crippen LogP contribution is -2.34. The Hall–Kier alpha value is -1.36. The molecule has 2 atom stereocenters. The second-order valence-electron chi connectivity index (χ2n) is 4.37. The molecule has 1 saturated heterocycles. The van der Waals surface area contributed by atoms with E-state index >= 15 is 0 Å². The van der Waals surface area contributed by atoms with Crippen molar-refractivity contribution in [1.29, 1.82) is 0 Å². The van der Waals surface area contributed by atoms with Crippen molar-refractivity contribution in [3.8, 4) is 0 Å². The van der Waals surface area contributed by atoms with Crippen molar-refractivity contribution < 1.29 is 9.59 Å². The maximum atomic E-state index is 11.7. The van der Waals surface area contributed by atoms with Gasteiger partial charge in [-0.1, -0.05) is 0 Å². The smallest absolute Gasteiger partial charge is 0.318 e. The predicted molar refractivity (Wildman–Crippen MR) is 60.3 cm³/mol. The van der Waals surface area contributed by atoms with Crippen molar-refractivity contribution in [3.05, 3.63) is 22.4 Å². The average Bonchev–Trinajstić information content (AvgIpc) is 2.73. The van der Waals surface area contributed by atoms with E-state index in [1.165, 1.54) is 15.4 Å². The average molecular weight is 236 g/mol. The van der Waals surface area contributed by atoms with Gasteiger partial charge in [0.2, 0.25) is 0 Å². The molecule has 1 saturated carbocycles. The van der Waals surface area contributed by atoms with Crippen molar-refractivity contribution >= 4 is 23.3 Å². The molecule has 0 bridgehead atoms. The first-order chi connectivity index (χ1) is 7.68. The standard InChI is InChI=1S/C11H12N2O2S/c1-12-5-10(14)13(11(12)15)9-4-8(9)7-2-3-16-6-7/h2-3,6,8-9H,4-5H2,1H3/t8-,9+/m0/s1. The third-order valence-corrected chi connectivity index (χ3v) is 3.93. The number of thiophene rings is 1. The highest BCUT2D eigenvalue weighted by Crippen LogP contribution is 2.46. The molecular formula is C11H12N2O2S. The number of hydrogen-bond acceptors (Lipinski definition) is 3. The van der Waals surface area contributed by atoms with E-state index < -0.39 is 0 Å². The quantitative estimate of drug-likeness (QED) is 0.730. The summed E-state index contributed by atoms with van der Waals surface area (Å²) in [6.45, 7) is 0.228. The Morgan fingerprint density at radius 2 is 2.25 bits per heavy atom. The summed E-state index contributed by atoms with van der Waals surface area (Å²) in [5, 5.41) is 4.13. The fourth-order valence-corrected chi connectivity index (χ4v) is 3.00. The van der Waals surface area contributed by atoms with Gasteiger partial charge in [0.15, 0.2) is 0 Å². The Balaban J connectivity index is 1.77. The van der Waals surface area contributed by atoms with Crippen LogP contribution in [-0.2, 0) is 4.79 Å². The van der Waals surface area contributed by atoms with Crippen LogP contribution in [0.2, 0.25) is 0 Å². The minimum atomic E-state index is -0.146. The van der Waals surface area contributed by atoms with Crippen molar-refractivity contribution in [2.45, 2.75) is 18.4 Å². The van der Waals surface area contributed by atoms with Crippen LogP contribution in [0.3, 0.4) is 0 Å². The van der Waals surface area contributed by atoms with Gasteiger partial charge in [-0.05, 0) is 28.8 Å². The first-order valence-corrected chi connectivity index (χ1v) is 6.22. The fourth-order valence-electron chi connectivity index (χ4n) is 2.28. The minimum absolute atomic E-state index is 0.0600. The van der Waals surface area contributed by atoms with Crippen LogP contribution in [0.15, 0.2) is 16.8 Å². The van der Waals surface area contributed by atoms with Gasteiger partial charge in [-0.15, -0.1) is 0 Å². The van der Waals surface area contributed by atoms with Crippen LogP contribution in [-0.4, -0.2) is 41.4 Å². The Labute approximate surface area is 97.5 Å². The molecular weight excluding hydrogens is 224 g/mol. The topological polar surface area (TPSA) is 40.6 Å². The van der Waals surface area contributed by atoms with E-state index in [1.54, 1.807) is 18.4 Å². The van der Waals surface area contributed by atoms with Crippen LogP contribution in [0, 0.1) is 0 Å². The third-order valence-electron chi connectivity index (χ3n) is 3.23. The van der Waals surface area contributed by atoms with E-state index in [9.17, 15) is 9.59 Å². The first-order valence-electron chi connectivity index (χ1n) is 5.27. The summed E-state index contributed by atoms with van der Waals surface area (Å²) in [6.07, 6.45) is 0.919. The van der Waals surface area contributed by atoms with Gasteiger partial charge in [0, 0.05) is 19.0 Å². The molecule has 16 heavy (non-hydrogen) atoms. The van der Waals surface area contributed by atoms with Crippen LogP contribution >= 0.6 is 11.3 Å². The molecule has 1 aromatic heterocycles. The zero-order valence-electron chi connectivity index (χ0n) is 8.92. The molecule has 2 aliphatic rings. The molecule has 0 aromatic carbocycles. The normalized spacial score (nSPS) is 29.1. The highest BCUT2D eigenvalue weighted by molar-refractivity contribution is 7.08. The van der Waals surface area contributed by atoms with E-state index in [4.69, 9.17) is 0 Å². The second kappa shape index (κ2) is 3.31. The summed E-state index contributed by atoms with van der Waals surface area (Å²) in [4.78, 5) is 26.3. The first kappa shape index (κ1) is 9.84. The van der Waals surface area contributed by atoms with Crippen LogP contribution in [0.4, 0.5) is 4.79 Å². The van der Waals surface area contributed by atoms with Gasteiger partial charge < -0.3 is 4.90 Å². The fraction of sp³-hybridized carbons (Fsp3) is 0.455. The number of imide groups is 1. The van der Waals surface area contributed by atoms with Crippen LogP contribution in [0.25, 0.3) is 0 Å². The molecule has 2 heterocycles. The summed E-state index contributed by atoms with van der Waals surface area (Å²) in [6, 6.07) is 2.02. The lowest BCUT2D eigenvalue weighted by molar-refractivity contribution is -0.125. The Morgan fingerprint density at radius 3 is 2.81 bits per heavy atom. The van der Waals surface area contributed by atoms with Crippen LogP contribution in [0.1, 0.15) is 17.9 Å². The zero-order chi connectivity index (χ0) is 11.3. The molecule has 3 amide bonds. The van der Waals surface area contributed by atoms with Crippen LogP contribution < -0.4 is 0 Å². The van der Waals surface area contributed by atoms with Gasteiger partial charge in [0.1, 0.15) is 6.54 Å².